The van der Waals surface area contributed by atoms with Crippen LogP contribution in [0.5, 0.6) is 11.6 Å². The van der Waals surface area contributed by atoms with Gasteiger partial charge in [-0.3, -0.25) is 9.20 Å². The van der Waals surface area contributed by atoms with Crippen LogP contribution in [0.1, 0.15) is 47.8 Å². The van der Waals surface area contributed by atoms with E-state index in [1.54, 1.807) is 19.4 Å². The number of rotatable bonds is 4. The topological polar surface area (TPSA) is 87.0 Å². The predicted molar refractivity (Wildman–Crippen MR) is 113 cm³/mol. The number of nitrogens with zero attached hydrogens (tertiary/aromatic N) is 3. The second-order valence-corrected chi connectivity index (χ2v) is 9.03. The molecule has 2 atom stereocenters. The van der Waals surface area contributed by atoms with Crippen LogP contribution >= 0.6 is 0 Å². The second-order valence-electron chi connectivity index (χ2n) is 9.03. The lowest BCUT2D eigenvalue weighted by atomic mass is 9.84. The molecule has 8 nitrogen and oxygen atoms in total. The lowest BCUT2D eigenvalue weighted by Crippen LogP contribution is -2.26. The average Bonchev–Trinajstić information content (AvgIpc) is 3.53. The minimum absolute atomic E-state index is 0.0463. The lowest BCUT2D eigenvalue weighted by molar-refractivity contribution is -0.00627. The van der Waals surface area contributed by atoms with E-state index in [0.29, 0.717) is 41.9 Å². The van der Waals surface area contributed by atoms with Crippen molar-refractivity contribution in [3.8, 4) is 11.6 Å². The molecule has 2 aromatic heterocycles. The maximum atomic E-state index is 12.9. The third-order valence-electron chi connectivity index (χ3n) is 6.89. The predicted octanol–water partition coefficient (Wildman–Crippen LogP) is 3.14. The smallest absolute Gasteiger partial charge is 0.260 e. The van der Waals surface area contributed by atoms with Crippen molar-refractivity contribution in [3.63, 3.8) is 0 Å². The first-order valence-electron chi connectivity index (χ1n) is 10.6. The molecular formula is C23H24N4O4. The molecule has 1 N–H and O–H groups in total. The van der Waals surface area contributed by atoms with Crippen LogP contribution in [-0.2, 0) is 16.6 Å². The van der Waals surface area contributed by atoms with Gasteiger partial charge in [-0.25, -0.2) is 4.98 Å². The van der Waals surface area contributed by atoms with Gasteiger partial charge in [-0.15, -0.1) is 0 Å². The number of imidazole rings is 1. The van der Waals surface area contributed by atoms with Crippen LogP contribution in [0.3, 0.4) is 0 Å². The summed E-state index contributed by atoms with van der Waals surface area (Å²) >= 11 is 0. The number of ether oxygens (including phenoxy) is 3. The fourth-order valence-corrected chi connectivity index (χ4v) is 5.25. The molecule has 1 saturated carbocycles. The van der Waals surface area contributed by atoms with E-state index in [4.69, 9.17) is 19.2 Å². The van der Waals surface area contributed by atoms with Crippen molar-refractivity contribution in [1.82, 2.24) is 14.4 Å². The zero-order valence-corrected chi connectivity index (χ0v) is 17.6. The van der Waals surface area contributed by atoms with E-state index in [-0.39, 0.29) is 16.9 Å². The monoisotopic (exact) mass is 420 g/mol. The normalized spacial score (nSPS) is 26.1. The minimum Gasteiger partial charge on any atom is -0.492 e. The van der Waals surface area contributed by atoms with Crippen LogP contribution in [0.4, 0.5) is 5.82 Å². The molecule has 31 heavy (non-hydrogen) atoms. The lowest BCUT2D eigenvalue weighted by Gasteiger charge is -2.24. The molecule has 3 aliphatic rings. The number of carbonyl (C=O) groups excluding carboxylic acids is 1. The van der Waals surface area contributed by atoms with Crippen molar-refractivity contribution < 1.29 is 19.0 Å². The number of fused-ring (bicyclic) bond motifs is 4. The number of anilines is 1. The summed E-state index contributed by atoms with van der Waals surface area (Å²) in [4.78, 5) is 22.3. The van der Waals surface area contributed by atoms with Gasteiger partial charge in [-0.1, -0.05) is 12.1 Å². The number of aromatic nitrogens is 3. The molecule has 1 aromatic carbocycles. The molecule has 1 saturated heterocycles. The van der Waals surface area contributed by atoms with Crippen molar-refractivity contribution in [2.24, 2.45) is 0 Å². The third kappa shape index (κ3) is 2.81. The van der Waals surface area contributed by atoms with E-state index < -0.39 is 0 Å². The van der Waals surface area contributed by atoms with Crippen LogP contribution in [0, 0.1) is 0 Å². The molecule has 2 bridgehead atoms. The van der Waals surface area contributed by atoms with Gasteiger partial charge in [-0.2, -0.15) is 4.98 Å². The Morgan fingerprint density at radius 3 is 2.90 bits per heavy atom. The summed E-state index contributed by atoms with van der Waals surface area (Å²) in [5.74, 6) is 1.16. The number of para-hydroxylation sites is 1. The number of benzene rings is 1. The Morgan fingerprint density at radius 2 is 2.16 bits per heavy atom. The number of carbonyl (C=O) groups is 1. The molecular weight excluding hydrogens is 396 g/mol. The van der Waals surface area contributed by atoms with Gasteiger partial charge in [0.25, 0.3) is 11.8 Å². The third-order valence-corrected chi connectivity index (χ3v) is 6.89. The Morgan fingerprint density at radius 1 is 1.26 bits per heavy atom. The van der Waals surface area contributed by atoms with Gasteiger partial charge in [0.2, 0.25) is 5.65 Å². The molecule has 160 valence electrons. The number of nitrogens with one attached hydrogen (secondary N) is 1. The van der Waals surface area contributed by atoms with Crippen molar-refractivity contribution >= 4 is 17.4 Å². The highest BCUT2D eigenvalue weighted by Crippen LogP contribution is 2.53. The Bertz CT molecular complexity index is 1210. The molecule has 6 rings (SSSR count). The zero-order valence-electron chi connectivity index (χ0n) is 17.6. The van der Waals surface area contributed by atoms with E-state index in [2.05, 4.69) is 17.2 Å². The first kappa shape index (κ1) is 18.6. The maximum absolute atomic E-state index is 12.9. The Balaban J connectivity index is 1.35. The molecule has 0 radical (unpaired) electrons. The molecule has 8 heteroatoms. The minimum atomic E-state index is -0.262. The Labute approximate surface area is 179 Å². The Kier molecular flexibility index (Phi) is 3.87. The van der Waals surface area contributed by atoms with E-state index in [9.17, 15) is 4.79 Å². The van der Waals surface area contributed by atoms with Crippen molar-refractivity contribution in [2.75, 3.05) is 25.6 Å². The molecule has 2 fully saturated rings. The highest BCUT2D eigenvalue weighted by atomic mass is 16.5. The van der Waals surface area contributed by atoms with E-state index in [1.165, 1.54) is 0 Å². The summed E-state index contributed by atoms with van der Waals surface area (Å²) in [7, 11) is 1.56. The number of hydrogen-bond acceptors (Lipinski definition) is 6. The number of amides is 1. The van der Waals surface area contributed by atoms with E-state index in [1.807, 2.05) is 22.7 Å². The van der Waals surface area contributed by atoms with Crippen LogP contribution in [-0.4, -0.2) is 46.2 Å². The summed E-state index contributed by atoms with van der Waals surface area (Å²) in [5, 5.41) is 2.89. The molecule has 1 aliphatic carbocycles. The summed E-state index contributed by atoms with van der Waals surface area (Å²) in [6.45, 7) is 3.46. The van der Waals surface area contributed by atoms with Crippen LogP contribution in [0.25, 0.3) is 5.65 Å². The fraction of sp³-hybridized carbons (Fsp3) is 0.435. The fourth-order valence-electron chi connectivity index (χ4n) is 5.25. The van der Waals surface area contributed by atoms with Gasteiger partial charge in [0, 0.05) is 18.0 Å². The van der Waals surface area contributed by atoms with E-state index >= 15 is 0 Å². The summed E-state index contributed by atoms with van der Waals surface area (Å²) in [6.07, 6.45) is 7.68. The van der Waals surface area contributed by atoms with Crippen LogP contribution in [0.15, 0.2) is 30.6 Å². The Hall–Kier alpha value is -3.13. The van der Waals surface area contributed by atoms with Crippen molar-refractivity contribution in [3.05, 3.63) is 47.4 Å². The molecule has 2 unspecified atom stereocenters. The number of methoxy groups -OCH3 is 1. The van der Waals surface area contributed by atoms with Gasteiger partial charge >= 0.3 is 0 Å². The van der Waals surface area contributed by atoms with Gasteiger partial charge in [-0.05, 0) is 37.8 Å². The van der Waals surface area contributed by atoms with Crippen LogP contribution < -0.4 is 14.8 Å². The first-order chi connectivity index (χ1) is 15.0. The molecule has 0 spiro atoms. The molecule has 3 aromatic rings. The quantitative estimate of drug-likeness (QED) is 0.698. The van der Waals surface area contributed by atoms with Gasteiger partial charge in [0.05, 0.1) is 43.4 Å². The van der Waals surface area contributed by atoms with Gasteiger partial charge in [0.15, 0.2) is 5.82 Å². The van der Waals surface area contributed by atoms with E-state index in [0.717, 1.165) is 36.9 Å². The summed E-state index contributed by atoms with van der Waals surface area (Å²) < 4.78 is 19.1. The van der Waals surface area contributed by atoms with Crippen molar-refractivity contribution in [2.45, 2.75) is 43.6 Å². The molecule has 2 aliphatic heterocycles. The second kappa shape index (κ2) is 6.43. The van der Waals surface area contributed by atoms with Gasteiger partial charge in [0.1, 0.15) is 5.75 Å². The summed E-state index contributed by atoms with van der Waals surface area (Å²) in [5.41, 5.74) is 3.08. The summed E-state index contributed by atoms with van der Waals surface area (Å²) in [6, 6.07) is 5.63. The number of hydrogen-bond donors (Lipinski definition) is 1. The average molecular weight is 420 g/mol. The SMILES string of the molecule is COc1nc(NC(=O)c2cccc3c2OCC3)cn2cc(C34CCC(C)(C3)OC4)nc12. The standard InChI is InChI=1S/C23H24N4O4/c1-22-7-8-23(12-22,13-31-22)16-10-27-11-17(26-21(29-2)19(27)24-16)25-20(28)15-5-3-4-14-6-9-30-18(14)15/h3-5,10-11H,6-9,12-13H2,1-2H3,(H,25,28). The van der Waals surface area contributed by atoms with Crippen molar-refractivity contribution in [1.29, 1.82) is 0 Å². The van der Waals surface area contributed by atoms with Gasteiger partial charge < -0.3 is 19.5 Å². The largest absolute Gasteiger partial charge is 0.492 e. The molecule has 4 heterocycles. The highest BCUT2D eigenvalue weighted by Gasteiger charge is 2.55. The van der Waals surface area contributed by atoms with Crippen LogP contribution in [0.2, 0.25) is 0 Å². The first-order valence-corrected chi connectivity index (χ1v) is 10.6. The highest BCUT2D eigenvalue weighted by molar-refractivity contribution is 6.06. The molecule has 1 amide bonds. The maximum Gasteiger partial charge on any atom is 0.260 e. The zero-order chi connectivity index (χ0) is 21.2.